The smallest absolute Gasteiger partial charge is 0.270 e. The summed E-state index contributed by atoms with van der Waals surface area (Å²) in [6.45, 7) is 3.98. The highest BCUT2D eigenvalue weighted by Crippen LogP contribution is 2.35. The summed E-state index contributed by atoms with van der Waals surface area (Å²) < 4.78 is 0. The summed E-state index contributed by atoms with van der Waals surface area (Å²) in [5.74, 6) is -1.30. The van der Waals surface area contributed by atoms with Gasteiger partial charge in [-0.3, -0.25) is 29.4 Å². The molecule has 2 aromatic rings. The second kappa shape index (κ2) is 7.25. The number of carbonyl (C=O) groups is 3. The lowest BCUT2D eigenvalue weighted by Crippen LogP contribution is -2.44. The molecule has 1 N–H and O–H groups in total. The van der Waals surface area contributed by atoms with Crippen molar-refractivity contribution in [2.24, 2.45) is 0 Å². The van der Waals surface area contributed by atoms with Crippen LogP contribution in [-0.4, -0.2) is 58.6 Å². The SMILES string of the molecule is CC(=O)Nc1cc2c3c(cc([N+](=O)[O-])cc3c1)C(=O)N(CCN1CCCC1)C2=O. The summed E-state index contributed by atoms with van der Waals surface area (Å²) in [5.41, 5.74) is 0.519. The van der Waals surface area contributed by atoms with E-state index < -0.39 is 16.7 Å². The van der Waals surface area contributed by atoms with E-state index in [1.54, 1.807) is 0 Å². The number of nitrogens with zero attached hydrogens (tertiary/aromatic N) is 3. The summed E-state index contributed by atoms with van der Waals surface area (Å²) in [6, 6.07) is 5.60. The van der Waals surface area contributed by atoms with E-state index in [0.717, 1.165) is 30.8 Å². The predicted molar refractivity (Wildman–Crippen MR) is 106 cm³/mol. The first-order valence-electron chi connectivity index (χ1n) is 9.47. The van der Waals surface area contributed by atoms with Crippen LogP contribution in [0.15, 0.2) is 24.3 Å². The Morgan fingerprint density at radius 2 is 1.72 bits per heavy atom. The number of amides is 3. The van der Waals surface area contributed by atoms with Crippen molar-refractivity contribution in [3.05, 3.63) is 45.5 Å². The Kier molecular flexibility index (Phi) is 4.75. The molecule has 0 unspecified atom stereocenters. The van der Waals surface area contributed by atoms with Crippen LogP contribution < -0.4 is 5.32 Å². The number of rotatable bonds is 5. The molecular formula is C20H20N4O5. The van der Waals surface area contributed by atoms with E-state index in [1.807, 2.05) is 0 Å². The standard InChI is InChI=1S/C20H20N4O5/c1-12(25)21-14-8-13-9-15(24(28)29)11-17-18(13)16(10-14)19(26)23(20(17)27)7-6-22-4-2-3-5-22/h8-11H,2-7H2,1H3,(H,21,25). The second-order valence-electron chi connectivity index (χ2n) is 7.36. The zero-order valence-corrected chi connectivity index (χ0v) is 15.9. The number of nitrogens with one attached hydrogen (secondary N) is 1. The van der Waals surface area contributed by atoms with E-state index in [2.05, 4.69) is 10.2 Å². The number of nitro benzene ring substituents is 1. The average Bonchev–Trinajstić information content (AvgIpc) is 3.18. The molecule has 3 amide bonds. The molecule has 2 aliphatic heterocycles. The quantitative estimate of drug-likeness (QED) is 0.472. The molecule has 0 aromatic heterocycles. The maximum atomic E-state index is 13.1. The Hall–Kier alpha value is -3.33. The Bertz CT molecular complexity index is 1060. The lowest BCUT2D eigenvalue weighted by Gasteiger charge is -2.29. The fraction of sp³-hybridized carbons (Fsp3) is 0.350. The van der Waals surface area contributed by atoms with E-state index >= 15 is 0 Å². The Morgan fingerprint density at radius 1 is 1.07 bits per heavy atom. The first-order valence-corrected chi connectivity index (χ1v) is 9.47. The van der Waals surface area contributed by atoms with E-state index in [-0.39, 0.29) is 29.3 Å². The van der Waals surface area contributed by atoms with Gasteiger partial charge in [0, 0.05) is 43.2 Å². The minimum atomic E-state index is -0.570. The number of imide groups is 1. The van der Waals surface area contributed by atoms with Crippen LogP contribution in [0.2, 0.25) is 0 Å². The zero-order valence-electron chi connectivity index (χ0n) is 15.9. The molecule has 0 bridgehead atoms. The molecule has 0 radical (unpaired) electrons. The van der Waals surface area contributed by atoms with Crippen LogP contribution >= 0.6 is 0 Å². The van der Waals surface area contributed by atoms with E-state index in [0.29, 0.717) is 23.0 Å². The van der Waals surface area contributed by atoms with Crippen molar-refractivity contribution < 1.29 is 19.3 Å². The van der Waals surface area contributed by atoms with Gasteiger partial charge in [0.1, 0.15) is 0 Å². The summed E-state index contributed by atoms with van der Waals surface area (Å²) >= 11 is 0. The number of anilines is 1. The van der Waals surface area contributed by atoms with Crippen LogP contribution in [0, 0.1) is 10.1 Å². The maximum absolute atomic E-state index is 13.1. The molecule has 9 nitrogen and oxygen atoms in total. The minimum Gasteiger partial charge on any atom is -0.326 e. The monoisotopic (exact) mass is 396 g/mol. The number of hydrogen-bond donors (Lipinski definition) is 1. The number of hydrogen-bond acceptors (Lipinski definition) is 6. The number of non-ortho nitro benzene ring substituents is 1. The molecule has 2 aromatic carbocycles. The maximum Gasteiger partial charge on any atom is 0.270 e. The molecular weight excluding hydrogens is 376 g/mol. The highest BCUT2D eigenvalue weighted by atomic mass is 16.6. The highest BCUT2D eigenvalue weighted by molar-refractivity contribution is 6.26. The van der Waals surface area contributed by atoms with Gasteiger partial charge in [-0.25, -0.2) is 0 Å². The van der Waals surface area contributed by atoms with Gasteiger partial charge in [-0.1, -0.05) is 0 Å². The first-order chi connectivity index (χ1) is 13.8. The summed E-state index contributed by atoms with van der Waals surface area (Å²) in [7, 11) is 0. The van der Waals surface area contributed by atoms with E-state index in [4.69, 9.17) is 0 Å². The fourth-order valence-corrected chi connectivity index (χ4v) is 4.05. The molecule has 2 aliphatic rings. The molecule has 0 atom stereocenters. The van der Waals surface area contributed by atoms with Crippen LogP contribution in [0.1, 0.15) is 40.5 Å². The molecule has 150 valence electrons. The van der Waals surface area contributed by atoms with Gasteiger partial charge in [-0.05, 0) is 43.5 Å². The Morgan fingerprint density at radius 3 is 2.34 bits per heavy atom. The van der Waals surface area contributed by atoms with Crippen molar-refractivity contribution in [2.75, 3.05) is 31.5 Å². The van der Waals surface area contributed by atoms with Crippen LogP contribution in [0.4, 0.5) is 11.4 Å². The second-order valence-corrected chi connectivity index (χ2v) is 7.36. The molecule has 4 rings (SSSR count). The van der Waals surface area contributed by atoms with Crippen molar-refractivity contribution in [2.45, 2.75) is 19.8 Å². The molecule has 0 saturated carbocycles. The molecule has 9 heteroatoms. The fourth-order valence-electron chi connectivity index (χ4n) is 4.05. The summed E-state index contributed by atoms with van der Waals surface area (Å²) in [6.07, 6.45) is 2.19. The van der Waals surface area contributed by atoms with Crippen molar-refractivity contribution in [1.82, 2.24) is 9.80 Å². The molecule has 0 aliphatic carbocycles. The number of carbonyl (C=O) groups excluding carboxylic acids is 3. The predicted octanol–water partition coefficient (Wildman–Crippen LogP) is 2.40. The average molecular weight is 396 g/mol. The number of nitro groups is 1. The number of likely N-dealkylation sites (tertiary alicyclic amines) is 1. The van der Waals surface area contributed by atoms with Crippen LogP contribution in [0.25, 0.3) is 10.8 Å². The molecule has 2 heterocycles. The molecule has 1 saturated heterocycles. The summed E-state index contributed by atoms with van der Waals surface area (Å²) in [5, 5.41) is 14.7. The highest BCUT2D eigenvalue weighted by Gasteiger charge is 2.35. The molecule has 29 heavy (non-hydrogen) atoms. The van der Waals surface area contributed by atoms with Gasteiger partial charge >= 0.3 is 0 Å². The van der Waals surface area contributed by atoms with Gasteiger partial charge in [0.25, 0.3) is 17.5 Å². The topological polar surface area (TPSA) is 113 Å². The van der Waals surface area contributed by atoms with Crippen molar-refractivity contribution in [3.63, 3.8) is 0 Å². The minimum absolute atomic E-state index is 0.139. The third kappa shape index (κ3) is 3.44. The van der Waals surface area contributed by atoms with Gasteiger partial charge in [0.2, 0.25) is 5.91 Å². The first kappa shape index (κ1) is 19.0. The number of benzene rings is 2. The van der Waals surface area contributed by atoms with Gasteiger partial charge in [-0.15, -0.1) is 0 Å². The van der Waals surface area contributed by atoms with Crippen molar-refractivity contribution in [3.8, 4) is 0 Å². The van der Waals surface area contributed by atoms with Gasteiger partial charge in [0.05, 0.1) is 16.1 Å². The van der Waals surface area contributed by atoms with Crippen LogP contribution in [-0.2, 0) is 4.79 Å². The van der Waals surface area contributed by atoms with E-state index in [9.17, 15) is 24.5 Å². The normalized spacial score (nSPS) is 16.5. The third-order valence-electron chi connectivity index (χ3n) is 5.35. The van der Waals surface area contributed by atoms with Gasteiger partial charge < -0.3 is 10.2 Å². The lowest BCUT2D eigenvalue weighted by atomic mass is 9.92. The van der Waals surface area contributed by atoms with Crippen LogP contribution in [0.3, 0.4) is 0 Å². The van der Waals surface area contributed by atoms with E-state index in [1.165, 1.54) is 31.2 Å². The largest absolute Gasteiger partial charge is 0.326 e. The third-order valence-corrected chi connectivity index (χ3v) is 5.35. The lowest BCUT2D eigenvalue weighted by molar-refractivity contribution is -0.384. The molecule has 1 fully saturated rings. The van der Waals surface area contributed by atoms with Crippen LogP contribution in [0.5, 0.6) is 0 Å². The van der Waals surface area contributed by atoms with Crippen molar-refractivity contribution in [1.29, 1.82) is 0 Å². The Labute approximate surface area is 166 Å². The van der Waals surface area contributed by atoms with Crippen molar-refractivity contribution >= 4 is 39.9 Å². The molecule has 0 spiro atoms. The zero-order chi connectivity index (χ0) is 20.7. The Balaban J connectivity index is 1.81. The van der Waals surface area contributed by atoms with Gasteiger partial charge in [0.15, 0.2) is 0 Å². The summed E-state index contributed by atoms with van der Waals surface area (Å²) in [4.78, 5) is 51.8. The van der Waals surface area contributed by atoms with Gasteiger partial charge in [-0.2, -0.15) is 0 Å².